The third-order valence-corrected chi connectivity index (χ3v) is 3.40. The van der Waals surface area contributed by atoms with Gasteiger partial charge in [-0.1, -0.05) is 12.1 Å². The summed E-state index contributed by atoms with van der Waals surface area (Å²) < 4.78 is 0. The van der Waals surface area contributed by atoms with E-state index >= 15 is 0 Å². The third-order valence-electron chi connectivity index (χ3n) is 3.40. The van der Waals surface area contributed by atoms with E-state index in [2.05, 4.69) is 58.7 Å². The molecule has 0 saturated heterocycles. The largest absolute Gasteiger partial charge is 0.346 e. The van der Waals surface area contributed by atoms with Crippen molar-refractivity contribution in [2.24, 2.45) is 4.99 Å². The Morgan fingerprint density at radius 1 is 0.950 bits per heavy atom. The minimum absolute atomic E-state index is 0.772. The highest BCUT2D eigenvalue weighted by atomic mass is 15.0. The zero-order chi connectivity index (χ0) is 13.9. The van der Waals surface area contributed by atoms with Gasteiger partial charge in [-0.15, -0.1) is 0 Å². The quantitative estimate of drug-likeness (QED) is 0.720. The first-order chi connectivity index (χ1) is 9.72. The maximum absolute atomic E-state index is 4.52. The van der Waals surface area contributed by atoms with Gasteiger partial charge in [0, 0.05) is 17.3 Å². The molecule has 4 nitrogen and oxygen atoms in total. The molecule has 0 fully saturated rings. The molecule has 0 atom stereocenters. The van der Waals surface area contributed by atoms with Gasteiger partial charge in [-0.3, -0.25) is 9.98 Å². The van der Waals surface area contributed by atoms with Gasteiger partial charge in [-0.25, -0.2) is 5.32 Å². The number of rotatable bonds is 2. The molecular weight excluding hydrogens is 248 g/mol. The smallest absolute Gasteiger partial charge is 0.279 e. The van der Waals surface area contributed by atoms with Gasteiger partial charge in [0.05, 0.1) is 18.3 Å². The molecule has 0 spiro atoms. The predicted molar refractivity (Wildman–Crippen MR) is 81.6 cm³/mol. The first kappa shape index (κ1) is 12.7. The van der Waals surface area contributed by atoms with Gasteiger partial charge in [0.25, 0.3) is 5.84 Å². The Balaban J connectivity index is 1.76. The summed E-state index contributed by atoms with van der Waals surface area (Å²) in [6, 6.07) is 8.40. The summed E-state index contributed by atoms with van der Waals surface area (Å²) >= 11 is 0. The van der Waals surface area contributed by atoms with Crippen LogP contribution in [-0.4, -0.2) is 24.8 Å². The van der Waals surface area contributed by atoms with Crippen LogP contribution in [0.3, 0.4) is 0 Å². The molecule has 0 radical (unpaired) electrons. The van der Waals surface area contributed by atoms with Crippen molar-refractivity contribution in [2.75, 3.05) is 13.1 Å². The molecular formula is C16H19N4+. The molecule has 0 amide bonds. The molecule has 4 heteroatoms. The van der Waals surface area contributed by atoms with Crippen molar-refractivity contribution >= 4 is 11.7 Å². The predicted octanol–water partition coefficient (Wildman–Crippen LogP) is 0.274. The number of hydrogen-bond donors (Lipinski definition) is 3. The van der Waals surface area contributed by atoms with E-state index in [0.717, 1.165) is 35.9 Å². The van der Waals surface area contributed by atoms with Crippen molar-refractivity contribution in [3.05, 3.63) is 58.9 Å². The normalized spacial score (nSPS) is 18.1. The van der Waals surface area contributed by atoms with Gasteiger partial charge >= 0.3 is 0 Å². The molecule has 2 heterocycles. The Bertz CT molecular complexity index is 576. The first-order valence-corrected chi connectivity index (χ1v) is 6.83. The fraction of sp³-hybridized carbons (Fsp3) is 0.250. The van der Waals surface area contributed by atoms with Crippen LogP contribution >= 0.6 is 0 Å². The molecule has 1 aromatic rings. The van der Waals surface area contributed by atoms with Crippen molar-refractivity contribution in [1.82, 2.24) is 10.6 Å². The van der Waals surface area contributed by atoms with E-state index in [9.17, 15) is 0 Å². The minimum atomic E-state index is 0.772. The number of amidine groups is 2. The van der Waals surface area contributed by atoms with Crippen LogP contribution in [0.1, 0.15) is 25.0 Å². The lowest BCUT2D eigenvalue weighted by Crippen LogP contribution is -2.77. The van der Waals surface area contributed by atoms with Gasteiger partial charge in [-0.05, 0) is 31.6 Å². The summed E-state index contributed by atoms with van der Waals surface area (Å²) in [6.07, 6.45) is 4.06. The van der Waals surface area contributed by atoms with Crippen LogP contribution < -0.4 is 15.6 Å². The fourth-order valence-corrected chi connectivity index (χ4v) is 2.17. The Hall–Kier alpha value is -2.36. The van der Waals surface area contributed by atoms with Crippen molar-refractivity contribution in [3.8, 4) is 0 Å². The van der Waals surface area contributed by atoms with E-state index in [-0.39, 0.29) is 0 Å². The molecule has 2 aliphatic rings. The maximum Gasteiger partial charge on any atom is 0.279 e. The van der Waals surface area contributed by atoms with Gasteiger partial charge < -0.3 is 5.32 Å². The molecule has 20 heavy (non-hydrogen) atoms. The lowest BCUT2D eigenvalue weighted by molar-refractivity contribution is -0.450. The van der Waals surface area contributed by atoms with Crippen molar-refractivity contribution in [2.45, 2.75) is 13.8 Å². The maximum atomic E-state index is 4.52. The van der Waals surface area contributed by atoms with Crippen LogP contribution in [0, 0.1) is 0 Å². The standard InChI is InChI=1S/C16H18N4/c1-11-7-17-15(18-8-11)13-3-5-14(6-4-13)16-19-9-12(2)10-20-16/h3-7,9H,8,10H2,1-2H3,(H,17,18)(H,19,20)/p+1. The molecule has 3 rings (SSSR count). The SMILES string of the molecule is CC1=CNC(c2ccc(C3=[NH+]CC(C)=CN3)cc2)=NC1. The zero-order valence-corrected chi connectivity index (χ0v) is 11.8. The molecule has 0 saturated carbocycles. The number of benzene rings is 1. The fourth-order valence-electron chi connectivity index (χ4n) is 2.17. The van der Waals surface area contributed by atoms with Crippen molar-refractivity contribution < 1.29 is 4.99 Å². The van der Waals surface area contributed by atoms with Gasteiger partial charge in [0.1, 0.15) is 12.4 Å². The molecule has 0 aromatic heterocycles. The van der Waals surface area contributed by atoms with Crippen LogP contribution in [0.5, 0.6) is 0 Å². The number of nitrogens with zero attached hydrogens (tertiary/aromatic N) is 1. The van der Waals surface area contributed by atoms with Gasteiger partial charge in [0.15, 0.2) is 0 Å². The molecule has 102 valence electrons. The molecule has 2 aliphatic heterocycles. The second-order valence-corrected chi connectivity index (χ2v) is 5.24. The van der Waals surface area contributed by atoms with E-state index in [1.807, 2.05) is 12.4 Å². The van der Waals surface area contributed by atoms with Crippen LogP contribution in [0.25, 0.3) is 0 Å². The van der Waals surface area contributed by atoms with Crippen molar-refractivity contribution in [1.29, 1.82) is 0 Å². The minimum Gasteiger partial charge on any atom is -0.346 e. The zero-order valence-electron chi connectivity index (χ0n) is 11.8. The highest BCUT2D eigenvalue weighted by molar-refractivity contribution is 6.01. The number of aliphatic imine (C=N–C) groups is 1. The topological polar surface area (TPSA) is 50.4 Å². The number of hydrogen-bond acceptors (Lipinski definition) is 3. The molecule has 0 aliphatic carbocycles. The average molecular weight is 267 g/mol. The Morgan fingerprint density at radius 3 is 2.25 bits per heavy atom. The van der Waals surface area contributed by atoms with E-state index in [1.165, 1.54) is 11.1 Å². The Labute approximate surface area is 119 Å². The summed E-state index contributed by atoms with van der Waals surface area (Å²) in [6.45, 7) is 5.84. The highest BCUT2D eigenvalue weighted by Gasteiger charge is 2.13. The van der Waals surface area contributed by atoms with Crippen molar-refractivity contribution in [3.63, 3.8) is 0 Å². The second kappa shape index (κ2) is 5.33. The summed E-state index contributed by atoms with van der Waals surface area (Å²) in [5.74, 6) is 1.99. The molecule has 3 N–H and O–H groups in total. The molecule has 1 aromatic carbocycles. The van der Waals surface area contributed by atoms with E-state index in [1.54, 1.807) is 0 Å². The lowest BCUT2D eigenvalue weighted by atomic mass is 10.1. The third kappa shape index (κ3) is 2.64. The van der Waals surface area contributed by atoms with Crippen LogP contribution in [0.15, 0.2) is 52.8 Å². The second-order valence-electron chi connectivity index (χ2n) is 5.24. The molecule has 0 unspecified atom stereocenters. The summed E-state index contributed by atoms with van der Waals surface area (Å²) in [5.41, 5.74) is 4.81. The van der Waals surface area contributed by atoms with E-state index < -0.39 is 0 Å². The summed E-state index contributed by atoms with van der Waals surface area (Å²) in [4.78, 5) is 7.89. The summed E-state index contributed by atoms with van der Waals surface area (Å²) in [5, 5.41) is 6.51. The monoisotopic (exact) mass is 267 g/mol. The van der Waals surface area contributed by atoms with Gasteiger partial charge in [0.2, 0.25) is 0 Å². The van der Waals surface area contributed by atoms with Crippen LogP contribution in [-0.2, 0) is 0 Å². The van der Waals surface area contributed by atoms with Crippen LogP contribution in [0.4, 0.5) is 0 Å². The lowest BCUT2D eigenvalue weighted by Gasteiger charge is -2.13. The Morgan fingerprint density at radius 2 is 1.65 bits per heavy atom. The highest BCUT2D eigenvalue weighted by Crippen LogP contribution is 2.08. The van der Waals surface area contributed by atoms with E-state index in [4.69, 9.17) is 0 Å². The molecule has 0 bridgehead atoms. The van der Waals surface area contributed by atoms with Gasteiger partial charge in [-0.2, -0.15) is 0 Å². The van der Waals surface area contributed by atoms with Crippen LogP contribution in [0.2, 0.25) is 0 Å². The summed E-state index contributed by atoms with van der Waals surface area (Å²) in [7, 11) is 0. The Kier molecular flexibility index (Phi) is 3.37. The van der Waals surface area contributed by atoms with E-state index in [0.29, 0.717) is 0 Å². The first-order valence-electron chi connectivity index (χ1n) is 6.83. The number of nitrogens with one attached hydrogen (secondary N) is 3. The average Bonchev–Trinajstić information content (AvgIpc) is 2.49.